The second-order valence-corrected chi connectivity index (χ2v) is 3.31. The normalized spacial score (nSPS) is 10.7. The maximum atomic E-state index is 10.2. The molecule has 0 amide bonds. The zero-order valence-corrected chi connectivity index (χ0v) is 8.60. The summed E-state index contributed by atoms with van der Waals surface area (Å²) in [6, 6.07) is 5.89. The van der Waals surface area contributed by atoms with Gasteiger partial charge in [-0.05, 0) is 37.8 Å². The fraction of sp³-hybridized carbons (Fsp3) is 0.333. The Morgan fingerprint density at radius 1 is 1.40 bits per heavy atom. The van der Waals surface area contributed by atoms with Gasteiger partial charge in [-0.3, -0.25) is 4.98 Å². The van der Waals surface area contributed by atoms with Crippen LogP contribution in [0.15, 0.2) is 36.5 Å². The molecule has 0 bridgehead atoms. The van der Waals surface area contributed by atoms with Crippen molar-refractivity contribution in [3.8, 4) is 0 Å². The fourth-order valence-electron chi connectivity index (χ4n) is 1.30. The number of rotatable bonds is 6. The number of aromatic nitrogens is 1. The Balaban J connectivity index is 2.10. The SMILES string of the molecule is O=C(O)C=CCCCCc1ccccn1. The molecule has 0 unspecified atom stereocenters. The van der Waals surface area contributed by atoms with E-state index in [2.05, 4.69) is 4.98 Å². The number of aliphatic carboxylic acids is 1. The summed E-state index contributed by atoms with van der Waals surface area (Å²) in [5, 5.41) is 8.35. The monoisotopic (exact) mass is 205 g/mol. The van der Waals surface area contributed by atoms with Gasteiger partial charge in [0, 0.05) is 18.0 Å². The van der Waals surface area contributed by atoms with E-state index in [9.17, 15) is 4.79 Å². The minimum atomic E-state index is -0.875. The van der Waals surface area contributed by atoms with E-state index < -0.39 is 5.97 Å². The van der Waals surface area contributed by atoms with E-state index >= 15 is 0 Å². The molecule has 0 saturated heterocycles. The number of nitrogens with zero attached hydrogens (tertiary/aromatic N) is 1. The minimum absolute atomic E-state index is 0.819. The van der Waals surface area contributed by atoms with Gasteiger partial charge < -0.3 is 5.11 Å². The first-order valence-electron chi connectivity index (χ1n) is 5.08. The van der Waals surface area contributed by atoms with Crippen LogP contribution in [0.2, 0.25) is 0 Å². The van der Waals surface area contributed by atoms with Crippen LogP contribution in [0, 0.1) is 0 Å². The van der Waals surface area contributed by atoms with Gasteiger partial charge in [0.25, 0.3) is 0 Å². The Morgan fingerprint density at radius 3 is 2.93 bits per heavy atom. The van der Waals surface area contributed by atoms with Gasteiger partial charge in [0.2, 0.25) is 0 Å². The number of hydrogen-bond donors (Lipinski definition) is 1. The molecular formula is C12H15NO2. The van der Waals surface area contributed by atoms with Gasteiger partial charge in [-0.15, -0.1) is 0 Å². The maximum Gasteiger partial charge on any atom is 0.327 e. The molecule has 1 N–H and O–H groups in total. The lowest BCUT2D eigenvalue weighted by molar-refractivity contribution is -0.131. The number of aryl methyl sites for hydroxylation is 1. The highest BCUT2D eigenvalue weighted by Crippen LogP contribution is 2.03. The van der Waals surface area contributed by atoms with Crippen LogP contribution in [0.5, 0.6) is 0 Å². The number of carbonyl (C=O) groups is 1. The third kappa shape index (κ3) is 5.62. The molecule has 1 aromatic heterocycles. The van der Waals surface area contributed by atoms with Crippen molar-refractivity contribution in [3.05, 3.63) is 42.2 Å². The van der Waals surface area contributed by atoms with Gasteiger partial charge >= 0.3 is 5.97 Å². The van der Waals surface area contributed by atoms with Crippen LogP contribution in [-0.4, -0.2) is 16.1 Å². The van der Waals surface area contributed by atoms with E-state index in [4.69, 9.17) is 5.11 Å². The average molecular weight is 205 g/mol. The lowest BCUT2D eigenvalue weighted by atomic mass is 10.1. The van der Waals surface area contributed by atoms with Crippen molar-refractivity contribution in [2.75, 3.05) is 0 Å². The second kappa shape index (κ2) is 6.76. The maximum absolute atomic E-state index is 10.2. The molecular weight excluding hydrogens is 190 g/mol. The van der Waals surface area contributed by atoms with Crippen LogP contribution in [0.3, 0.4) is 0 Å². The topological polar surface area (TPSA) is 50.2 Å². The second-order valence-electron chi connectivity index (χ2n) is 3.31. The summed E-state index contributed by atoms with van der Waals surface area (Å²) in [6.07, 6.45) is 8.50. The lowest BCUT2D eigenvalue weighted by Gasteiger charge is -1.97. The Morgan fingerprint density at radius 2 is 2.27 bits per heavy atom. The molecule has 0 aliphatic carbocycles. The number of carboxylic acid groups (broad SMARTS) is 1. The first-order chi connectivity index (χ1) is 7.29. The van der Waals surface area contributed by atoms with E-state index in [1.54, 1.807) is 12.3 Å². The molecule has 1 rings (SSSR count). The highest BCUT2D eigenvalue weighted by atomic mass is 16.4. The minimum Gasteiger partial charge on any atom is -0.478 e. The van der Waals surface area contributed by atoms with E-state index in [0.717, 1.165) is 31.4 Å². The molecule has 0 atom stereocenters. The molecule has 0 aliphatic heterocycles. The molecule has 0 saturated carbocycles. The Hall–Kier alpha value is -1.64. The molecule has 0 radical (unpaired) electrons. The predicted octanol–water partition coefficient (Wildman–Crippen LogP) is 2.44. The zero-order valence-electron chi connectivity index (χ0n) is 8.60. The largest absolute Gasteiger partial charge is 0.478 e. The molecule has 0 spiro atoms. The van der Waals surface area contributed by atoms with E-state index in [1.807, 2.05) is 18.2 Å². The van der Waals surface area contributed by atoms with Gasteiger partial charge in [-0.2, -0.15) is 0 Å². The number of unbranched alkanes of at least 4 members (excludes halogenated alkanes) is 2. The summed E-state index contributed by atoms with van der Waals surface area (Å²) in [5.74, 6) is -0.875. The number of carboxylic acids is 1. The van der Waals surface area contributed by atoms with Crippen molar-refractivity contribution in [1.29, 1.82) is 0 Å². The highest BCUT2D eigenvalue weighted by Gasteiger charge is 1.92. The van der Waals surface area contributed by atoms with Crippen LogP contribution in [0.1, 0.15) is 25.0 Å². The number of hydrogen-bond acceptors (Lipinski definition) is 2. The summed E-state index contributed by atoms with van der Waals surface area (Å²) < 4.78 is 0. The van der Waals surface area contributed by atoms with Gasteiger partial charge in [0.1, 0.15) is 0 Å². The quantitative estimate of drug-likeness (QED) is 0.573. The molecule has 0 aromatic carbocycles. The summed E-state index contributed by atoms with van der Waals surface area (Å²) in [5.41, 5.74) is 1.10. The van der Waals surface area contributed by atoms with Crippen molar-refractivity contribution in [3.63, 3.8) is 0 Å². The van der Waals surface area contributed by atoms with Crippen LogP contribution in [-0.2, 0) is 11.2 Å². The third-order valence-electron chi connectivity index (χ3n) is 2.04. The Bertz CT molecular complexity index is 320. The summed E-state index contributed by atoms with van der Waals surface area (Å²) in [7, 11) is 0. The number of pyridine rings is 1. The summed E-state index contributed by atoms with van der Waals surface area (Å²) in [4.78, 5) is 14.4. The Kier molecular flexibility index (Phi) is 5.15. The first kappa shape index (κ1) is 11.4. The van der Waals surface area contributed by atoms with Gasteiger partial charge in [0.05, 0.1) is 0 Å². The van der Waals surface area contributed by atoms with Crippen molar-refractivity contribution in [2.45, 2.75) is 25.7 Å². The first-order valence-corrected chi connectivity index (χ1v) is 5.08. The molecule has 80 valence electrons. The van der Waals surface area contributed by atoms with E-state index in [1.165, 1.54) is 6.08 Å². The Labute approximate surface area is 89.5 Å². The zero-order chi connectivity index (χ0) is 10.9. The van der Waals surface area contributed by atoms with Crippen LogP contribution >= 0.6 is 0 Å². The van der Waals surface area contributed by atoms with Crippen molar-refractivity contribution < 1.29 is 9.90 Å². The van der Waals surface area contributed by atoms with Gasteiger partial charge in [0.15, 0.2) is 0 Å². The van der Waals surface area contributed by atoms with Crippen molar-refractivity contribution >= 4 is 5.97 Å². The molecule has 0 aliphatic rings. The van der Waals surface area contributed by atoms with Gasteiger partial charge in [-0.25, -0.2) is 4.79 Å². The van der Waals surface area contributed by atoms with Crippen molar-refractivity contribution in [2.24, 2.45) is 0 Å². The van der Waals surface area contributed by atoms with Crippen LogP contribution in [0.25, 0.3) is 0 Å². The summed E-state index contributed by atoms with van der Waals surface area (Å²) >= 11 is 0. The average Bonchev–Trinajstić information content (AvgIpc) is 2.24. The molecule has 3 nitrogen and oxygen atoms in total. The third-order valence-corrected chi connectivity index (χ3v) is 2.04. The predicted molar refractivity (Wildman–Crippen MR) is 58.6 cm³/mol. The van der Waals surface area contributed by atoms with Crippen molar-refractivity contribution in [1.82, 2.24) is 4.98 Å². The van der Waals surface area contributed by atoms with E-state index in [-0.39, 0.29) is 0 Å². The van der Waals surface area contributed by atoms with Gasteiger partial charge in [-0.1, -0.05) is 12.1 Å². The lowest BCUT2D eigenvalue weighted by Crippen LogP contribution is -1.89. The summed E-state index contributed by atoms with van der Waals surface area (Å²) in [6.45, 7) is 0. The van der Waals surface area contributed by atoms with Crippen LogP contribution < -0.4 is 0 Å². The molecule has 1 heterocycles. The fourth-order valence-corrected chi connectivity index (χ4v) is 1.30. The molecule has 3 heteroatoms. The smallest absolute Gasteiger partial charge is 0.327 e. The molecule has 1 aromatic rings. The van der Waals surface area contributed by atoms with Crippen LogP contribution in [0.4, 0.5) is 0 Å². The molecule has 15 heavy (non-hydrogen) atoms. The van der Waals surface area contributed by atoms with E-state index in [0.29, 0.717) is 0 Å². The standard InChI is InChI=1S/C12H15NO2/c14-12(15)9-4-2-1-3-7-11-8-5-6-10-13-11/h4-6,8-10H,1-3,7H2,(H,14,15). The molecule has 0 fully saturated rings. The highest BCUT2D eigenvalue weighted by molar-refractivity contribution is 5.79. The number of allylic oxidation sites excluding steroid dienone is 1.